The van der Waals surface area contributed by atoms with E-state index < -0.39 is 10.0 Å². The lowest BCUT2D eigenvalue weighted by atomic mass is 10.0. The summed E-state index contributed by atoms with van der Waals surface area (Å²) < 4.78 is 26.3. The van der Waals surface area contributed by atoms with E-state index in [9.17, 15) is 13.2 Å². The Morgan fingerprint density at radius 2 is 1.92 bits per heavy atom. The predicted molar refractivity (Wildman–Crippen MR) is 97.7 cm³/mol. The molecule has 1 N–H and O–H groups in total. The molecule has 1 aliphatic rings. The lowest BCUT2D eigenvalue weighted by Gasteiger charge is -2.36. The molecule has 7 heteroatoms. The van der Waals surface area contributed by atoms with Crippen molar-refractivity contribution < 1.29 is 13.2 Å². The number of likely N-dealkylation sites (tertiary alicyclic amines) is 1. The second kappa shape index (κ2) is 8.48. The molecule has 0 unspecified atom stereocenters. The van der Waals surface area contributed by atoms with Crippen LogP contribution in [0.1, 0.15) is 30.1 Å². The van der Waals surface area contributed by atoms with Crippen LogP contribution in [0.15, 0.2) is 29.2 Å². The average Bonchev–Trinajstić information content (AvgIpc) is 2.65. The number of benzene rings is 1. The van der Waals surface area contributed by atoms with Crippen molar-refractivity contribution in [2.24, 2.45) is 0 Å². The van der Waals surface area contributed by atoms with Crippen LogP contribution >= 0.6 is 0 Å². The van der Waals surface area contributed by atoms with E-state index in [1.165, 1.54) is 12.1 Å². The molecule has 25 heavy (non-hydrogen) atoms. The number of hydrogen-bond acceptors (Lipinski definition) is 4. The number of nitrogens with one attached hydrogen (secondary N) is 1. The summed E-state index contributed by atoms with van der Waals surface area (Å²) in [7, 11) is -1.82. The first-order valence-corrected chi connectivity index (χ1v) is 9.90. The molecule has 136 valence electrons. The zero-order valence-corrected chi connectivity index (χ0v) is 15.6. The molecule has 1 fully saturated rings. The third-order valence-electron chi connectivity index (χ3n) is 4.65. The Bertz CT molecular complexity index is 730. The van der Waals surface area contributed by atoms with Gasteiger partial charge in [0.05, 0.1) is 11.4 Å². The van der Waals surface area contributed by atoms with Gasteiger partial charge in [0, 0.05) is 31.7 Å². The Labute approximate surface area is 150 Å². The maximum absolute atomic E-state index is 12.6. The Hall–Kier alpha value is -1.88. The lowest BCUT2D eigenvalue weighted by molar-refractivity contribution is 0.0646. The van der Waals surface area contributed by atoms with Crippen molar-refractivity contribution >= 4 is 15.9 Å². The fourth-order valence-electron chi connectivity index (χ4n) is 2.99. The van der Waals surface area contributed by atoms with E-state index in [1.54, 1.807) is 17.0 Å². The van der Waals surface area contributed by atoms with Gasteiger partial charge in [0.15, 0.2) is 0 Å². The summed E-state index contributed by atoms with van der Waals surface area (Å²) in [6.07, 6.45) is 6.98. The Morgan fingerprint density at radius 1 is 1.32 bits per heavy atom. The van der Waals surface area contributed by atoms with E-state index >= 15 is 0 Å². The number of amides is 1. The SMILES string of the molecule is C#CCNS(=O)(=O)c1ccc(C(=O)N(C)C2CCN(CC)CC2)cc1. The van der Waals surface area contributed by atoms with Crippen molar-refractivity contribution in [3.8, 4) is 12.3 Å². The molecule has 1 aromatic rings. The van der Waals surface area contributed by atoms with Gasteiger partial charge in [0.25, 0.3) is 5.91 Å². The molecule has 1 aromatic carbocycles. The van der Waals surface area contributed by atoms with Crippen LogP contribution in [0.3, 0.4) is 0 Å². The average molecular weight is 363 g/mol. The summed E-state index contributed by atoms with van der Waals surface area (Å²) in [4.78, 5) is 16.9. The minimum atomic E-state index is -3.64. The number of piperidine rings is 1. The first-order chi connectivity index (χ1) is 11.9. The molecule has 1 amide bonds. The van der Waals surface area contributed by atoms with Crippen molar-refractivity contribution in [1.82, 2.24) is 14.5 Å². The summed E-state index contributed by atoms with van der Waals surface area (Å²) in [6, 6.07) is 6.17. The number of terminal acetylenes is 1. The zero-order chi connectivity index (χ0) is 18.4. The monoisotopic (exact) mass is 363 g/mol. The van der Waals surface area contributed by atoms with Crippen LogP contribution in [0.5, 0.6) is 0 Å². The van der Waals surface area contributed by atoms with Crippen molar-refractivity contribution in [2.75, 3.05) is 33.2 Å². The standard InChI is InChI=1S/C18H25N3O3S/c1-4-12-19-25(23,24)17-8-6-15(7-9-17)18(22)20(3)16-10-13-21(5-2)14-11-16/h1,6-9,16,19H,5,10-14H2,2-3H3. The summed E-state index contributed by atoms with van der Waals surface area (Å²) in [5.41, 5.74) is 0.483. The Kier molecular flexibility index (Phi) is 6.59. The number of nitrogens with zero attached hydrogens (tertiary/aromatic N) is 2. The highest BCUT2D eigenvalue weighted by Crippen LogP contribution is 2.18. The number of hydrogen-bond donors (Lipinski definition) is 1. The first-order valence-electron chi connectivity index (χ1n) is 8.41. The largest absolute Gasteiger partial charge is 0.339 e. The maximum atomic E-state index is 12.6. The molecule has 0 spiro atoms. The van der Waals surface area contributed by atoms with E-state index in [0.717, 1.165) is 32.5 Å². The smallest absolute Gasteiger partial charge is 0.253 e. The molecule has 1 saturated heterocycles. The van der Waals surface area contributed by atoms with Crippen LogP contribution in [0.25, 0.3) is 0 Å². The second-order valence-corrected chi connectivity index (χ2v) is 7.90. The molecular formula is C18H25N3O3S. The molecule has 0 aliphatic carbocycles. The molecular weight excluding hydrogens is 338 g/mol. The maximum Gasteiger partial charge on any atom is 0.253 e. The van der Waals surface area contributed by atoms with Crippen LogP contribution in [-0.4, -0.2) is 63.4 Å². The molecule has 0 saturated carbocycles. The van der Waals surface area contributed by atoms with Gasteiger partial charge in [-0.3, -0.25) is 4.79 Å². The van der Waals surface area contributed by atoms with E-state index in [-0.39, 0.29) is 23.4 Å². The van der Waals surface area contributed by atoms with E-state index in [0.29, 0.717) is 5.56 Å². The molecule has 6 nitrogen and oxygen atoms in total. The molecule has 0 aromatic heterocycles. The Balaban J connectivity index is 2.04. The fraction of sp³-hybridized carbons (Fsp3) is 0.500. The van der Waals surface area contributed by atoms with Crippen LogP contribution in [0.4, 0.5) is 0 Å². The van der Waals surface area contributed by atoms with E-state index in [4.69, 9.17) is 6.42 Å². The number of rotatable bonds is 6. The van der Waals surface area contributed by atoms with Crippen molar-refractivity contribution in [1.29, 1.82) is 0 Å². The minimum absolute atomic E-state index is 0.0673. The highest BCUT2D eigenvalue weighted by molar-refractivity contribution is 7.89. The molecule has 2 rings (SSSR count). The number of carbonyl (C=O) groups is 1. The van der Waals surface area contributed by atoms with Gasteiger partial charge in [-0.05, 0) is 43.7 Å². The third kappa shape index (κ3) is 4.82. The van der Waals surface area contributed by atoms with Crippen LogP contribution in [-0.2, 0) is 10.0 Å². The summed E-state index contributed by atoms with van der Waals surface area (Å²) >= 11 is 0. The lowest BCUT2D eigenvalue weighted by Crippen LogP contribution is -2.45. The van der Waals surface area contributed by atoms with Gasteiger partial charge in [-0.2, -0.15) is 4.72 Å². The number of sulfonamides is 1. The van der Waals surface area contributed by atoms with Gasteiger partial charge in [0.1, 0.15) is 0 Å². The highest BCUT2D eigenvalue weighted by Gasteiger charge is 2.25. The van der Waals surface area contributed by atoms with Gasteiger partial charge < -0.3 is 9.80 Å². The minimum Gasteiger partial charge on any atom is -0.339 e. The van der Waals surface area contributed by atoms with E-state index in [2.05, 4.69) is 22.5 Å². The van der Waals surface area contributed by atoms with Gasteiger partial charge in [-0.25, -0.2) is 8.42 Å². The van der Waals surface area contributed by atoms with Gasteiger partial charge in [0.2, 0.25) is 10.0 Å². The fourth-order valence-corrected chi connectivity index (χ4v) is 3.92. The van der Waals surface area contributed by atoms with Gasteiger partial charge in [-0.1, -0.05) is 12.8 Å². The quantitative estimate of drug-likeness (QED) is 0.770. The topological polar surface area (TPSA) is 69.7 Å². The van der Waals surface area contributed by atoms with Crippen LogP contribution in [0, 0.1) is 12.3 Å². The number of carbonyl (C=O) groups excluding carboxylic acids is 1. The Morgan fingerprint density at radius 3 is 2.44 bits per heavy atom. The molecule has 0 radical (unpaired) electrons. The molecule has 1 heterocycles. The second-order valence-electron chi connectivity index (χ2n) is 6.13. The molecule has 0 atom stereocenters. The van der Waals surface area contributed by atoms with Crippen molar-refractivity contribution in [3.63, 3.8) is 0 Å². The van der Waals surface area contributed by atoms with E-state index in [1.807, 2.05) is 7.05 Å². The first kappa shape index (κ1) is 19.4. The van der Waals surface area contributed by atoms with Crippen LogP contribution in [0.2, 0.25) is 0 Å². The van der Waals surface area contributed by atoms with Gasteiger partial charge >= 0.3 is 0 Å². The van der Waals surface area contributed by atoms with Crippen molar-refractivity contribution in [2.45, 2.75) is 30.7 Å². The normalized spacial score (nSPS) is 16.4. The summed E-state index contributed by atoms with van der Waals surface area (Å²) in [6.45, 7) is 5.10. The van der Waals surface area contributed by atoms with Gasteiger partial charge in [-0.15, -0.1) is 6.42 Å². The zero-order valence-electron chi connectivity index (χ0n) is 14.7. The highest BCUT2D eigenvalue weighted by atomic mass is 32.2. The molecule has 1 aliphatic heterocycles. The molecule has 0 bridgehead atoms. The van der Waals surface area contributed by atoms with Crippen LogP contribution < -0.4 is 4.72 Å². The predicted octanol–water partition coefficient (Wildman–Crippen LogP) is 1.15. The summed E-state index contributed by atoms with van der Waals surface area (Å²) in [5.74, 6) is 2.14. The summed E-state index contributed by atoms with van der Waals surface area (Å²) in [5, 5.41) is 0. The van der Waals surface area contributed by atoms with Crippen molar-refractivity contribution in [3.05, 3.63) is 29.8 Å². The third-order valence-corrected chi connectivity index (χ3v) is 6.07.